The standard InChI is InChI=1S/C20H24N4O5S/c1-3-5-11-24-17-9-8-14(30(21,26)27)12-16(17)23-18(24)13-29-20(25)15-7-6-10-22-19(15)28-4-2/h6-10,12H,3-5,11,13H2,1-2H3,(H2,21,26,27). The minimum atomic E-state index is -3.84. The number of rotatable bonds is 9. The molecular formula is C20H24N4O5S. The summed E-state index contributed by atoms with van der Waals surface area (Å²) in [6.45, 7) is 4.82. The maximum absolute atomic E-state index is 12.6. The van der Waals surface area contributed by atoms with Crippen molar-refractivity contribution in [1.29, 1.82) is 0 Å². The molecule has 0 radical (unpaired) electrons. The molecule has 0 aliphatic carbocycles. The number of aromatic nitrogens is 3. The number of imidazole rings is 1. The van der Waals surface area contributed by atoms with E-state index in [2.05, 4.69) is 16.9 Å². The third-order valence-corrected chi connectivity index (χ3v) is 5.38. The Bertz CT molecular complexity index is 1160. The fourth-order valence-electron chi connectivity index (χ4n) is 3.02. The topological polar surface area (TPSA) is 126 Å². The minimum absolute atomic E-state index is 0.0181. The van der Waals surface area contributed by atoms with Crippen molar-refractivity contribution in [3.63, 3.8) is 0 Å². The quantitative estimate of drug-likeness (QED) is 0.515. The Hall–Kier alpha value is -2.98. The highest BCUT2D eigenvalue weighted by atomic mass is 32.2. The molecule has 2 aromatic heterocycles. The molecule has 0 spiro atoms. The summed E-state index contributed by atoms with van der Waals surface area (Å²) in [6.07, 6.45) is 3.39. The number of pyridine rings is 1. The first kappa shape index (κ1) is 21.7. The van der Waals surface area contributed by atoms with Crippen molar-refractivity contribution in [1.82, 2.24) is 14.5 Å². The van der Waals surface area contributed by atoms with Crippen LogP contribution < -0.4 is 9.88 Å². The van der Waals surface area contributed by atoms with Crippen LogP contribution in [0.4, 0.5) is 0 Å². The number of unbranched alkanes of at least 4 members (excludes halogenated alkanes) is 1. The van der Waals surface area contributed by atoms with Crippen molar-refractivity contribution in [2.24, 2.45) is 5.14 Å². The van der Waals surface area contributed by atoms with Crippen molar-refractivity contribution in [3.8, 4) is 5.88 Å². The van der Waals surface area contributed by atoms with E-state index in [1.807, 2.05) is 4.57 Å². The number of hydrogen-bond acceptors (Lipinski definition) is 7. The molecule has 10 heteroatoms. The third-order valence-electron chi connectivity index (χ3n) is 4.47. The van der Waals surface area contributed by atoms with Gasteiger partial charge < -0.3 is 14.0 Å². The van der Waals surface area contributed by atoms with Crippen molar-refractivity contribution < 1.29 is 22.7 Å². The summed E-state index contributed by atoms with van der Waals surface area (Å²) < 4.78 is 36.1. The smallest absolute Gasteiger partial charge is 0.344 e. The van der Waals surface area contributed by atoms with Crippen LogP contribution in [0.15, 0.2) is 41.4 Å². The van der Waals surface area contributed by atoms with Crippen LogP contribution in [0.1, 0.15) is 42.9 Å². The number of hydrogen-bond donors (Lipinski definition) is 1. The van der Waals surface area contributed by atoms with Gasteiger partial charge >= 0.3 is 5.97 Å². The van der Waals surface area contributed by atoms with Gasteiger partial charge in [-0.25, -0.2) is 28.3 Å². The molecular weight excluding hydrogens is 408 g/mol. The number of nitrogens with zero attached hydrogens (tertiary/aromatic N) is 3. The monoisotopic (exact) mass is 432 g/mol. The lowest BCUT2D eigenvalue weighted by atomic mass is 10.3. The summed E-state index contributed by atoms with van der Waals surface area (Å²) in [5.74, 6) is 0.147. The van der Waals surface area contributed by atoms with Gasteiger partial charge in [0, 0.05) is 12.7 Å². The summed E-state index contributed by atoms with van der Waals surface area (Å²) >= 11 is 0. The number of benzene rings is 1. The predicted octanol–water partition coefficient (Wildman–Crippen LogP) is 2.63. The van der Waals surface area contributed by atoms with Crippen LogP contribution in [-0.4, -0.2) is 35.5 Å². The zero-order valence-corrected chi connectivity index (χ0v) is 17.7. The number of carbonyl (C=O) groups excluding carboxylic acids is 1. The number of aryl methyl sites for hydroxylation is 1. The summed E-state index contributed by atoms with van der Waals surface area (Å²) in [6, 6.07) is 7.74. The molecule has 0 amide bonds. The number of sulfonamides is 1. The van der Waals surface area contributed by atoms with Crippen LogP contribution in [0.5, 0.6) is 5.88 Å². The van der Waals surface area contributed by atoms with Crippen molar-refractivity contribution in [3.05, 3.63) is 47.9 Å². The maximum atomic E-state index is 12.6. The Balaban J connectivity index is 1.90. The van der Waals surface area contributed by atoms with Crippen LogP contribution in [0.3, 0.4) is 0 Å². The first-order valence-electron chi connectivity index (χ1n) is 9.62. The van der Waals surface area contributed by atoms with Gasteiger partial charge in [0.1, 0.15) is 18.0 Å². The highest BCUT2D eigenvalue weighted by molar-refractivity contribution is 7.89. The number of esters is 1. The van der Waals surface area contributed by atoms with Crippen LogP contribution >= 0.6 is 0 Å². The van der Waals surface area contributed by atoms with Gasteiger partial charge in [-0.1, -0.05) is 13.3 Å². The van der Waals surface area contributed by atoms with Gasteiger partial charge in [-0.05, 0) is 43.7 Å². The Labute approximate surface area is 174 Å². The second kappa shape index (κ2) is 9.23. The van der Waals surface area contributed by atoms with E-state index in [1.54, 1.807) is 25.1 Å². The lowest BCUT2D eigenvalue weighted by Gasteiger charge is -2.11. The molecule has 160 valence electrons. The van der Waals surface area contributed by atoms with Gasteiger partial charge in [-0.2, -0.15) is 0 Å². The summed E-state index contributed by atoms with van der Waals surface area (Å²) in [5.41, 5.74) is 1.45. The molecule has 0 aliphatic rings. The molecule has 0 fully saturated rings. The molecule has 30 heavy (non-hydrogen) atoms. The van der Waals surface area contributed by atoms with E-state index in [9.17, 15) is 13.2 Å². The number of carbonyl (C=O) groups is 1. The summed E-state index contributed by atoms with van der Waals surface area (Å²) in [5, 5.41) is 5.22. The molecule has 1 aromatic carbocycles. The molecule has 3 aromatic rings. The highest BCUT2D eigenvalue weighted by Gasteiger charge is 2.18. The van der Waals surface area contributed by atoms with Crippen LogP contribution in [0.2, 0.25) is 0 Å². The molecule has 2 heterocycles. The Morgan fingerprint density at radius 1 is 1.23 bits per heavy atom. The molecule has 0 aliphatic heterocycles. The van der Waals surface area contributed by atoms with Gasteiger partial charge in [0.25, 0.3) is 0 Å². The summed E-state index contributed by atoms with van der Waals surface area (Å²) in [4.78, 5) is 21.1. The second-order valence-electron chi connectivity index (χ2n) is 6.59. The predicted molar refractivity (Wildman–Crippen MR) is 111 cm³/mol. The first-order chi connectivity index (χ1) is 14.3. The van der Waals surface area contributed by atoms with E-state index in [4.69, 9.17) is 14.6 Å². The first-order valence-corrected chi connectivity index (χ1v) is 11.2. The largest absolute Gasteiger partial charge is 0.477 e. The Morgan fingerprint density at radius 3 is 2.73 bits per heavy atom. The Morgan fingerprint density at radius 2 is 2.03 bits per heavy atom. The molecule has 0 unspecified atom stereocenters. The average molecular weight is 433 g/mol. The lowest BCUT2D eigenvalue weighted by Crippen LogP contribution is -2.12. The molecule has 0 bridgehead atoms. The molecule has 0 saturated heterocycles. The van der Waals surface area contributed by atoms with E-state index >= 15 is 0 Å². The van der Waals surface area contributed by atoms with Gasteiger partial charge in [0.15, 0.2) is 0 Å². The number of ether oxygens (including phenoxy) is 2. The second-order valence-corrected chi connectivity index (χ2v) is 8.16. The van der Waals surface area contributed by atoms with E-state index in [0.717, 1.165) is 18.4 Å². The zero-order chi connectivity index (χ0) is 21.7. The summed E-state index contributed by atoms with van der Waals surface area (Å²) in [7, 11) is -3.84. The lowest BCUT2D eigenvalue weighted by molar-refractivity contribution is 0.0453. The van der Waals surface area contributed by atoms with Crippen LogP contribution in [0.25, 0.3) is 11.0 Å². The van der Waals surface area contributed by atoms with Crippen LogP contribution in [0, 0.1) is 0 Å². The van der Waals surface area contributed by atoms with Crippen molar-refractivity contribution >= 4 is 27.0 Å². The van der Waals surface area contributed by atoms with Gasteiger partial charge in [0.05, 0.1) is 22.5 Å². The molecule has 3 rings (SSSR count). The fourth-order valence-corrected chi connectivity index (χ4v) is 3.55. The van der Waals surface area contributed by atoms with Gasteiger partial charge in [0.2, 0.25) is 15.9 Å². The van der Waals surface area contributed by atoms with E-state index in [1.165, 1.54) is 18.3 Å². The molecule has 9 nitrogen and oxygen atoms in total. The van der Waals surface area contributed by atoms with E-state index < -0.39 is 16.0 Å². The minimum Gasteiger partial charge on any atom is -0.477 e. The van der Waals surface area contributed by atoms with Crippen LogP contribution in [-0.2, 0) is 27.9 Å². The SMILES string of the molecule is CCCCn1c(COC(=O)c2cccnc2OCC)nc2cc(S(N)(=O)=O)ccc21. The van der Waals surface area contributed by atoms with Gasteiger partial charge in [-0.15, -0.1) is 0 Å². The third kappa shape index (κ3) is 4.77. The van der Waals surface area contributed by atoms with E-state index in [0.29, 0.717) is 24.5 Å². The van der Waals surface area contributed by atoms with Gasteiger partial charge in [-0.3, -0.25) is 0 Å². The average Bonchev–Trinajstić information content (AvgIpc) is 3.07. The molecule has 2 N–H and O–H groups in total. The molecule has 0 saturated carbocycles. The number of fused-ring (bicyclic) bond motifs is 1. The zero-order valence-electron chi connectivity index (χ0n) is 16.9. The van der Waals surface area contributed by atoms with Crippen molar-refractivity contribution in [2.45, 2.75) is 44.7 Å². The molecule has 0 atom stereocenters. The highest BCUT2D eigenvalue weighted by Crippen LogP contribution is 2.22. The Kier molecular flexibility index (Phi) is 6.68. The number of primary sulfonamides is 1. The van der Waals surface area contributed by atoms with E-state index in [-0.39, 0.29) is 22.9 Å². The van der Waals surface area contributed by atoms with Crippen molar-refractivity contribution in [2.75, 3.05) is 6.61 Å². The normalized spacial score (nSPS) is 11.6. The fraction of sp³-hybridized carbons (Fsp3) is 0.350. The number of nitrogens with two attached hydrogens (primary N) is 1. The maximum Gasteiger partial charge on any atom is 0.344 e.